The Hall–Kier alpha value is -0.710. The van der Waals surface area contributed by atoms with Gasteiger partial charge in [0.25, 0.3) is 5.91 Å². The Balaban J connectivity index is 2.13. The zero-order chi connectivity index (χ0) is 14.5. The molecule has 5 heteroatoms. The molecule has 20 heavy (non-hydrogen) atoms. The molecule has 0 aliphatic heterocycles. The Morgan fingerprint density at radius 1 is 1.45 bits per heavy atom. The molecule has 2 rings (SSSR count). The van der Waals surface area contributed by atoms with Crippen molar-refractivity contribution in [1.82, 2.24) is 5.32 Å². The number of hydrogen-bond donors (Lipinski definition) is 2. The maximum absolute atomic E-state index is 12.4. The van der Waals surface area contributed by atoms with Gasteiger partial charge in [0.05, 0.1) is 17.7 Å². The third-order valence-electron chi connectivity index (χ3n) is 3.53. The molecule has 110 valence electrons. The molecule has 0 radical (unpaired) electrons. The van der Waals surface area contributed by atoms with Crippen LogP contribution in [0.25, 0.3) is 0 Å². The van der Waals surface area contributed by atoms with Crippen LogP contribution in [0, 0.1) is 0 Å². The van der Waals surface area contributed by atoms with Crippen LogP contribution in [0.1, 0.15) is 43.0 Å². The Morgan fingerprint density at radius 3 is 2.90 bits per heavy atom. The maximum Gasteiger partial charge on any atom is 0.252 e. The standard InChI is InChI=1S/C15H20ClNO2S/c1-2-20-14-8-7-10(16)9-11(14)15(19)17-12-5-3-4-6-13(12)18/h7-9,12-13,18H,2-6H2,1H3,(H,17,19). The molecule has 1 aliphatic rings. The molecule has 1 fully saturated rings. The minimum atomic E-state index is -0.436. The average Bonchev–Trinajstić information content (AvgIpc) is 2.43. The molecule has 2 atom stereocenters. The fourth-order valence-corrected chi connectivity index (χ4v) is 3.44. The van der Waals surface area contributed by atoms with Crippen LogP contribution in [0.5, 0.6) is 0 Å². The van der Waals surface area contributed by atoms with Gasteiger partial charge in [-0.3, -0.25) is 4.79 Å². The van der Waals surface area contributed by atoms with Crippen molar-refractivity contribution in [3.05, 3.63) is 28.8 Å². The molecule has 1 aliphatic carbocycles. The van der Waals surface area contributed by atoms with E-state index in [9.17, 15) is 9.90 Å². The van der Waals surface area contributed by atoms with Crippen molar-refractivity contribution >= 4 is 29.3 Å². The van der Waals surface area contributed by atoms with Crippen molar-refractivity contribution in [1.29, 1.82) is 0 Å². The zero-order valence-electron chi connectivity index (χ0n) is 11.6. The summed E-state index contributed by atoms with van der Waals surface area (Å²) < 4.78 is 0. The van der Waals surface area contributed by atoms with Crippen molar-refractivity contribution in [2.45, 2.75) is 49.6 Å². The van der Waals surface area contributed by atoms with E-state index in [-0.39, 0.29) is 11.9 Å². The molecule has 1 saturated carbocycles. The smallest absolute Gasteiger partial charge is 0.252 e. The highest BCUT2D eigenvalue weighted by Gasteiger charge is 2.25. The monoisotopic (exact) mass is 313 g/mol. The topological polar surface area (TPSA) is 49.3 Å². The first-order chi connectivity index (χ1) is 9.61. The molecule has 2 N–H and O–H groups in total. The van der Waals surface area contributed by atoms with Crippen LogP contribution in [-0.4, -0.2) is 28.9 Å². The van der Waals surface area contributed by atoms with Crippen molar-refractivity contribution < 1.29 is 9.90 Å². The highest BCUT2D eigenvalue weighted by molar-refractivity contribution is 7.99. The quantitative estimate of drug-likeness (QED) is 0.837. The summed E-state index contributed by atoms with van der Waals surface area (Å²) in [5.74, 6) is 0.753. The van der Waals surface area contributed by atoms with Gasteiger partial charge in [-0.05, 0) is 36.8 Å². The molecule has 1 aromatic rings. The minimum absolute atomic E-state index is 0.144. The summed E-state index contributed by atoms with van der Waals surface area (Å²) in [5, 5.41) is 13.5. The first kappa shape index (κ1) is 15.7. The largest absolute Gasteiger partial charge is 0.391 e. The number of carbonyl (C=O) groups is 1. The van der Waals surface area contributed by atoms with Crippen molar-refractivity contribution in [2.75, 3.05) is 5.75 Å². The second-order valence-corrected chi connectivity index (χ2v) is 6.75. The first-order valence-electron chi connectivity index (χ1n) is 7.03. The van der Waals surface area contributed by atoms with E-state index in [2.05, 4.69) is 5.32 Å². The van der Waals surface area contributed by atoms with E-state index >= 15 is 0 Å². The minimum Gasteiger partial charge on any atom is -0.391 e. The summed E-state index contributed by atoms with van der Waals surface area (Å²) in [6.07, 6.45) is 3.24. The number of thioether (sulfide) groups is 1. The Morgan fingerprint density at radius 2 is 2.20 bits per heavy atom. The molecular formula is C15H20ClNO2S. The van der Waals surface area contributed by atoms with Crippen LogP contribution in [0.2, 0.25) is 5.02 Å². The molecule has 1 amide bonds. The van der Waals surface area contributed by atoms with Crippen molar-refractivity contribution in [2.24, 2.45) is 0 Å². The van der Waals surface area contributed by atoms with Gasteiger partial charge >= 0.3 is 0 Å². The fraction of sp³-hybridized carbons (Fsp3) is 0.533. The second-order valence-electron chi connectivity index (χ2n) is 5.01. The van der Waals surface area contributed by atoms with Crippen LogP contribution in [0.3, 0.4) is 0 Å². The third-order valence-corrected chi connectivity index (χ3v) is 4.72. The summed E-state index contributed by atoms with van der Waals surface area (Å²) in [5.41, 5.74) is 0.599. The number of aliphatic hydroxyl groups excluding tert-OH is 1. The second kappa shape index (κ2) is 7.34. The van der Waals surface area contributed by atoms with E-state index in [1.165, 1.54) is 0 Å². The van der Waals surface area contributed by atoms with Gasteiger partial charge in [0.2, 0.25) is 0 Å². The van der Waals surface area contributed by atoms with Gasteiger partial charge in [-0.25, -0.2) is 0 Å². The number of hydrogen-bond acceptors (Lipinski definition) is 3. The van der Waals surface area contributed by atoms with Crippen LogP contribution in [0.15, 0.2) is 23.1 Å². The molecule has 0 spiro atoms. The Bertz CT molecular complexity index is 481. The summed E-state index contributed by atoms with van der Waals surface area (Å²) in [7, 11) is 0. The molecule has 2 unspecified atom stereocenters. The number of rotatable bonds is 4. The molecule has 1 aromatic carbocycles. The number of benzene rings is 1. The van der Waals surface area contributed by atoms with Gasteiger partial charge in [-0.1, -0.05) is 31.4 Å². The average molecular weight is 314 g/mol. The van der Waals surface area contributed by atoms with Crippen LogP contribution >= 0.6 is 23.4 Å². The van der Waals surface area contributed by atoms with E-state index in [0.29, 0.717) is 10.6 Å². The molecular weight excluding hydrogens is 294 g/mol. The van der Waals surface area contributed by atoms with Crippen LogP contribution < -0.4 is 5.32 Å². The fourth-order valence-electron chi connectivity index (χ4n) is 2.49. The summed E-state index contributed by atoms with van der Waals surface area (Å²) in [6.45, 7) is 2.05. The van der Waals surface area contributed by atoms with Crippen molar-refractivity contribution in [3.63, 3.8) is 0 Å². The lowest BCUT2D eigenvalue weighted by molar-refractivity contribution is 0.0715. The van der Waals surface area contributed by atoms with Crippen LogP contribution in [0.4, 0.5) is 0 Å². The molecule has 0 aromatic heterocycles. The highest BCUT2D eigenvalue weighted by atomic mass is 35.5. The first-order valence-corrected chi connectivity index (χ1v) is 8.39. The lowest BCUT2D eigenvalue weighted by Gasteiger charge is -2.28. The van der Waals surface area contributed by atoms with E-state index in [1.54, 1.807) is 23.9 Å². The van der Waals surface area contributed by atoms with Crippen molar-refractivity contribution in [3.8, 4) is 0 Å². The molecule has 0 saturated heterocycles. The number of amides is 1. The SMILES string of the molecule is CCSc1ccc(Cl)cc1C(=O)NC1CCCCC1O. The van der Waals surface area contributed by atoms with Gasteiger partial charge in [-0.15, -0.1) is 11.8 Å². The Labute approximate surface area is 129 Å². The van der Waals surface area contributed by atoms with Gasteiger partial charge in [0.1, 0.15) is 0 Å². The number of nitrogens with one attached hydrogen (secondary N) is 1. The number of halogens is 1. The van der Waals surface area contributed by atoms with Gasteiger partial charge in [0, 0.05) is 9.92 Å². The van der Waals surface area contributed by atoms with Gasteiger partial charge in [-0.2, -0.15) is 0 Å². The zero-order valence-corrected chi connectivity index (χ0v) is 13.1. The summed E-state index contributed by atoms with van der Waals surface area (Å²) in [6, 6.07) is 5.23. The Kier molecular flexibility index (Phi) is 5.75. The maximum atomic E-state index is 12.4. The third kappa shape index (κ3) is 3.90. The normalized spacial score (nSPS) is 22.6. The predicted molar refractivity (Wildman–Crippen MR) is 83.6 cm³/mol. The van der Waals surface area contributed by atoms with E-state index in [0.717, 1.165) is 36.3 Å². The summed E-state index contributed by atoms with van der Waals surface area (Å²) in [4.78, 5) is 13.3. The lowest BCUT2D eigenvalue weighted by atomic mass is 9.92. The molecule has 3 nitrogen and oxygen atoms in total. The van der Waals surface area contributed by atoms with Crippen LogP contribution in [-0.2, 0) is 0 Å². The lowest BCUT2D eigenvalue weighted by Crippen LogP contribution is -2.45. The van der Waals surface area contributed by atoms with Gasteiger partial charge < -0.3 is 10.4 Å². The summed E-state index contributed by atoms with van der Waals surface area (Å²) >= 11 is 7.61. The van der Waals surface area contributed by atoms with E-state index < -0.39 is 6.10 Å². The molecule has 0 heterocycles. The predicted octanol–water partition coefficient (Wildman–Crippen LogP) is 3.49. The number of aliphatic hydroxyl groups is 1. The number of carbonyl (C=O) groups excluding carboxylic acids is 1. The van der Waals surface area contributed by atoms with E-state index in [1.807, 2.05) is 13.0 Å². The van der Waals surface area contributed by atoms with Gasteiger partial charge in [0.15, 0.2) is 0 Å². The highest BCUT2D eigenvalue weighted by Crippen LogP contribution is 2.26. The van der Waals surface area contributed by atoms with E-state index in [4.69, 9.17) is 11.6 Å². The molecule has 0 bridgehead atoms.